The fourth-order valence-corrected chi connectivity index (χ4v) is 6.67. The van der Waals surface area contributed by atoms with Crippen molar-refractivity contribution >= 4 is 11.9 Å². The van der Waals surface area contributed by atoms with Gasteiger partial charge < -0.3 is 20.3 Å². The molecule has 0 radical (unpaired) electrons. The topological polar surface area (TPSA) is 95.9 Å². The number of aliphatic hydroxyl groups is 2. The van der Waals surface area contributed by atoms with Gasteiger partial charge in [-0.15, -0.1) is 0 Å². The van der Waals surface area contributed by atoms with Gasteiger partial charge in [0.2, 0.25) is 5.91 Å². The first-order valence-electron chi connectivity index (χ1n) is 21.3. The monoisotopic (exact) mass is 682 g/mol. The van der Waals surface area contributed by atoms with Crippen molar-refractivity contribution < 1.29 is 24.5 Å². The van der Waals surface area contributed by atoms with Crippen LogP contribution in [0.4, 0.5) is 0 Å². The lowest BCUT2D eigenvalue weighted by Gasteiger charge is -2.24. The van der Waals surface area contributed by atoms with E-state index in [-0.39, 0.29) is 24.9 Å². The van der Waals surface area contributed by atoms with Gasteiger partial charge in [-0.3, -0.25) is 9.59 Å². The Bertz CT molecular complexity index is 687. The molecule has 0 aliphatic rings. The molecule has 0 aromatic rings. The van der Waals surface area contributed by atoms with Gasteiger partial charge in [-0.25, -0.2) is 0 Å². The van der Waals surface area contributed by atoms with Gasteiger partial charge in [0.15, 0.2) is 0 Å². The van der Waals surface area contributed by atoms with Crippen LogP contribution in [0.1, 0.15) is 233 Å². The molecule has 0 aliphatic carbocycles. The predicted molar refractivity (Wildman–Crippen MR) is 204 cm³/mol. The first-order valence-corrected chi connectivity index (χ1v) is 21.3. The molecule has 1 amide bonds. The first kappa shape index (κ1) is 46.9. The van der Waals surface area contributed by atoms with Crippen LogP contribution < -0.4 is 5.32 Å². The highest BCUT2D eigenvalue weighted by Crippen LogP contribution is 2.17. The number of hydrogen-bond donors (Lipinski definition) is 3. The lowest BCUT2D eigenvalue weighted by atomic mass is 10.0. The maximum absolute atomic E-state index is 13.0. The van der Waals surface area contributed by atoms with Crippen LogP contribution in [0.15, 0.2) is 0 Å². The van der Waals surface area contributed by atoms with E-state index in [4.69, 9.17) is 4.74 Å². The number of aliphatic hydroxyl groups excluding tert-OH is 2. The molecule has 0 aromatic carbocycles. The fourth-order valence-electron chi connectivity index (χ4n) is 6.67. The van der Waals surface area contributed by atoms with Crippen molar-refractivity contribution in [3.63, 3.8) is 0 Å². The van der Waals surface area contributed by atoms with E-state index in [9.17, 15) is 19.8 Å². The number of esters is 1. The fraction of sp³-hybridized carbons (Fsp3) is 0.952. The van der Waals surface area contributed by atoms with Crippen LogP contribution in [0, 0.1) is 0 Å². The second-order valence-electron chi connectivity index (χ2n) is 14.8. The summed E-state index contributed by atoms with van der Waals surface area (Å²) in [6.45, 7) is 6.43. The second-order valence-corrected chi connectivity index (χ2v) is 14.8. The minimum absolute atomic E-state index is 0.0848. The number of carbonyl (C=O) groups excluding carboxylic acids is 2. The van der Waals surface area contributed by atoms with Gasteiger partial charge in [0.1, 0.15) is 6.10 Å². The Morgan fingerprint density at radius 1 is 0.521 bits per heavy atom. The molecule has 48 heavy (non-hydrogen) atoms. The summed E-state index contributed by atoms with van der Waals surface area (Å²) in [5.74, 6) is -0.468. The molecular formula is C42H83NO5. The second kappa shape index (κ2) is 37.1. The van der Waals surface area contributed by atoms with Gasteiger partial charge in [-0.2, -0.15) is 0 Å². The minimum Gasteiger partial charge on any atom is -0.462 e. The average Bonchev–Trinajstić information content (AvgIpc) is 3.07. The zero-order valence-electron chi connectivity index (χ0n) is 32.4. The van der Waals surface area contributed by atoms with Crippen molar-refractivity contribution in [2.24, 2.45) is 0 Å². The Hall–Kier alpha value is -1.14. The van der Waals surface area contributed by atoms with E-state index in [1.165, 1.54) is 141 Å². The van der Waals surface area contributed by atoms with Crippen LogP contribution in [0.5, 0.6) is 0 Å². The van der Waals surface area contributed by atoms with Crippen LogP contribution in [0.25, 0.3) is 0 Å². The van der Waals surface area contributed by atoms with Gasteiger partial charge in [0.25, 0.3) is 0 Å². The molecule has 0 saturated carbocycles. The minimum atomic E-state index is -0.775. The van der Waals surface area contributed by atoms with Crippen LogP contribution >= 0.6 is 0 Å². The number of nitrogens with one attached hydrogen (secondary N) is 1. The lowest BCUT2D eigenvalue weighted by Crippen LogP contribution is -2.46. The van der Waals surface area contributed by atoms with Crippen molar-refractivity contribution in [1.29, 1.82) is 0 Å². The molecule has 0 saturated heterocycles. The van der Waals surface area contributed by atoms with Gasteiger partial charge in [0.05, 0.1) is 25.2 Å². The largest absolute Gasteiger partial charge is 0.462 e. The van der Waals surface area contributed by atoms with E-state index >= 15 is 0 Å². The smallest absolute Gasteiger partial charge is 0.306 e. The maximum Gasteiger partial charge on any atom is 0.306 e. The number of rotatable bonds is 38. The predicted octanol–water partition coefficient (Wildman–Crippen LogP) is 11.7. The van der Waals surface area contributed by atoms with E-state index in [0.717, 1.165) is 44.9 Å². The Morgan fingerprint density at radius 2 is 0.875 bits per heavy atom. The van der Waals surface area contributed by atoms with Gasteiger partial charge in [0, 0.05) is 6.42 Å². The van der Waals surface area contributed by atoms with Crippen molar-refractivity contribution in [3.05, 3.63) is 0 Å². The van der Waals surface area contributed by atoms with Crippen LogP contribution in [0.2, 0.25) is 0 Å². The molecule has 0 rings (SSSR count). The van der Waals surface area contributed by atoms with Gasteiger partial charge in [-0.1, -0.05) is 194 Å². The molecular weight excluding hydrogens is 598 g/mol. The summed E-state index contributed by atoms with van der Waals surface area (Å²) in [6, 6.07) is -0.688. The van der Waals surface area contributed by atoms with Crippen molar-refractivity contribution in [1.82, 2.24) is 5.32 Å². The van der Waals surface area contributed by atoms with E-state index < -0.39 is 18.2 Å². The lowest BCUT2D eigenvalue weighted by molar-refractivity contribution is -0.151. The highest BCUT2D eigenvalue weighted by Gasteiger charge is 2.24. The highest BCUT2D eigenvalue weighted by molar-refractivity contribution is 5.77. The van der Waals surface area contributed by atoms with E-state index in [0.29, 0.717) is 19.3 Å². The molecule has 286 valence electrons. The van der Waals surface area contributed by atoms with Gasteiger partial charge in [-0.05, 0) is 25.7 Å². The van der Waals surface area contributed by atoms with E-state index in [1.807, 2.05) is 0 Å². The molecule has 6 heteroatoms. The zero-order chi connectivity index (χ0) is 35.3. The molecule has 0 spiro atoms. The average molecular weight is 682 g/mol. The number of unbranched alkanes of at least 4 members (excludes halogenated alkanes) is 26. The molecule has 0 fully saturated rings. The summed E-state index contributed by atoms with van der Waals surface area (Å²) in [4.78, 5) is 25.8. The van der Waals surface area contributed by atoms with Gasteiger partial charge >= 0.3 is 5.97 Å². The molecule has 3 atom stereocenters. The summed E-state index contributed by atoms with van der Waals surface area (Å²) in [6.07, 6.45) is 36.0. The Kier molecular flexibility index (Phi) is 36.2. The first-order chi connectivity index (χ1) is 23.5. The zero-order valence-corrected chi connectivity index (χ0v) is 32.4. The van der Waals surface area contributed by atoms with Crippen molar-refractivity contribution in [2.75, 3.05) is 6.61 Å². The molecule has 3 N–H and O–H groups in total. The van der Waals surface area contributed by atoms with Crippen LogP contribution in [0.3, 0.4) is 0 Å². The molecule has 0 aromatic heterocycles. The third-order valence-corrected chi connectivity index (χ3v) is 9.94. The molecule has 6 nitrogen and oxygen atoms in total. The highest BCUT2D eigenvalue weighted by atomic mass is 16.5. The van der Waals surface area contributed by atoms with Crippen LogP contribution in [-0.2, 0) is 14.3 Å². The van der Waals surface area contributed by atoms with Crippen molar-refractivity contribution in [3.8, 4) is 0 Å². The number of amides is 1. The summed E-state index contributed by atoms with van der Waals surface area (Å²) in [7, 11) is 0. The summed E-state index contributed by atoms with van der Waals surface area (Å²) < 4.78 is 5.86. The number of hydrogen-bond acceptors (Lipinski definition) is 5. The molecule has 0 aliphatic heterocycles. The normalized spacial score (nSPS) is 13.4. The molecule has 3 unspecified atom stereocenters. The SMILES string of the molecule is CCCCCCCCCCCCCCC(=O)OC(CCCCCCCCC)CC(=O)NC(CO)C(O)CCCCCCCCCCCC. The maximum atomic E-state index is 13.0. The molecule has 0 heterocycles. The summed E-state index contributed by atoms with van der Waals surface area (Å²) >= 11 is 0. The van der Waals surface area contributed by atoms with E-state index in [1.54, 1.807) is 0 Å². The number of ether oxygens (including phenoxy) is 1. The Morgan fingerprint density at radius 3 is 1.27 bits per heavy atom. The van der Waals surface area contributed by atoms with Crippen LogP contribution in [-0.4, -0.2) is 46.9 Å². The Labute approximate surface area is 298 Å². The molecule has 0 bridgehead atoms. The Balaban J connectivity index is 4.46. The standard InChI is InChI=1S/C42H83NO5/c1-4-7-10-13-16-18-20-21-23-26-29-32-35-42(47)48-38(33-30-27-24-15-12-9-6-3)36-41(46)43-39(37-44)40(45)34-31-28-25-22-19-17-14-11-8-5-2/h38-40,44-45H,4-37H2,1-3H3,(H,43,46). The van der Waals surface area contributed by atoms with Crippen molar-refractivity contribution in [2.45, 2.75) is 251 Å². The summed E-state index contributed by atoms with van der Waals surface area (Å²) in [5.41, 5.74) is 0. The van der Waals surface area contributed by atoms with E-state index in [2.05, 4.69) is 26.1 Å². The summed E-state index contributed by atoms with van der Waals surface area (Å²) in [5, 5.41) is 23.5. The third kappa shape index (κ3) is 32.1. The third-order valence-electron chi connectivity index (χ3n) is 9.94. The number of carbonyl (C=O) groups is 2. The quantitative estimate of drug-likeness (QED) is 0.0445.